The molecule has 25 heavy (non-hydrogen) atoms. The Labute approximate surface area is 148 Å². The number of rotatable bonds is 2. The Balaban J connectivity index is 2.12. The van der Waals surface area contributed by atoms with Crippen molar-refractivity contribution >= 4 is 22.6 Å². The molecule has 1 N–H and O–H groups in total. The minimum absolute atomic E-state index is 0.0206. The second-order valence-corrected chi connectivity index (χ2v) is 7.06. The normalized spacial score (nSPS) is 13.4. The largest absolute Gasteiger partial charge is 0.494 e. The molecule has 7 heteroatoms. The molecule has 0 saturated carbocycles. The summed E-state index contributed by atoms with van der Waals surface area (Å²) in [5.74, 6) is -0.245. The molecule has 0 unspecified atom stereocenters. The van der Waals surface area contributed by atoms with E-state index in [0.717, 1.165) is 35.8 Å². The van der Waals surface area contributed by atoms with Crippen LogP contribution in [0.25, 0.3) is 0 Å². The van der Waals surface area contributed by atoms with Gasteiger partial charge in [0.05, 0.1) is 11.1 Å². The van der Waals surface area contributed by atoms with Crippen molar-refractivity contribution in [1.29, 1.82) is 10.5 Å². The van der Waals surface area contributed by atoms with Crippen LogP contribution < -0.4 is 5.56 Å². The van der Waals surface area contributed by atoms with Crippen LogP contribution in [-0.2, 0) is 19.9 Å². The van der Waals surface area contributed by atoms with E-state index in [2.05, 4.69) is 11.1 Å². The van der Waals surface area contributed by atoms with E-state index in [1.165, 1.54) is 29.5 Å². The Hall–Kier alpha value is -2.90. The lowest BCUT2D eigenvalue weighted by Gasteiger charge is -2.09. The first-order valence-corrected chi connectivity index (χ1v) is 8.72. The molecular weight excluding hydrogens is 336 g/mol. The number of hydrogen-bond acceptors (Lipinski definition) is 6. The number of thiophene rings is 1. The molecule has 0 spiro atoms. The zero-order chi connectivity index (χ0) is 18.1. The van der Waals surface area contributed by atoms with Crippen LogP contribution in [0.1, 0.15) is 45.5 Å². The van der Waals surface area contributed by atoms with Gasteiger partial charge >= 0.3 is 0 Å². The molecule has 0 aliphatic heterocycles. The van der Waals surface area contributed by atoms with E-state index in [9.17, 15) is 20.4 Å². The molecule has 0 atom stereocenters. The van der Waals surface area contributed by atoms with Gasteiger partial charge in [-0.1, -0.05) is 0 Å². The number of aromatic nitrogens is 1. The van der Waals surface area contributed by atoms with Gasteiger partial charge in [0, 0.05) is 18.1 Å². The van der Waals surface area contributed by atoms with Crippen LogP contribution >= 0.6 is 11.3 Å². The van der Waals surface area contributed by atoms with Crippen LogP contribution in [0.2, 0.25) is 0 Å². The quantitative estimate of drug-likeness (QED) is 0.839. The maximum Gasteiger partial charge on any atom is 0.271 e. The fraction of sp³-hybridized carbons (Fsp3) is 0.333. The number of aliphatic imine (C=N–C) groups is 1. The molecule has 0 saturated heterocycles. The van der Waals surface area contributed by atoms with Gasteiger partial charge in [-0.2, -0.15) is 10.5 Å². The van der Waals surface area contributed by atoms with Gasteiger partial charge in [-0.25, -0.2) is 4.99 Å². The standard InChI is InChI=1S/C18H16N4O2S/c1-10-12(7-19)17(23)22(2)18(24)14(10)9-21-16-13(8-20)11-5-3-4-6-15(11)25-16/h9,24H,3-6H2,1-2H3. The maximum absolute atomic E-state index is 12.0. The van der Waals surface area contributed by atoms with Gasteiger partial charge in [0.25, 0.3) is 5.56 Å². The summed E-state index contributed by atoms with van der Waals surface area (Å²) < 4.78 is 1.03. The van der Waals surface area contributed by atoms with Gasteiger partial charge in [-0.3, -0.25) is 9.36 Å². The van der Waals surface area contributed by atoms with Gasteiger partial charge in [-0.15, -0.1) is 11.3 Å². The number of nitriles is 2. The number of aryl methyl sites for hydroxylation is 1. The lowest BCUT2D eigenvalue weighted by molar-refractivity contribution is 0.421. The van der Waals surface area contributed by atoms with Gasteiger partial charge in [0.1, 0.15) is 22.7 Å². The molecule has 0 radical (unpaired) electrons. The molecule has 0 fully saturated rings. The molecule has 6 nitrogen and oxygen atoms in total. The summed E-state index contributed by atoms with van der Waals surface area (Å²) in [5.41, 5.74) is 1.82. The minimum atomic E-state index is -0.543. The van der Waals surface area contributed by atoms with Crippen LogP contribution in [0.15, 0.2) is 9.79 Å². The van der Waals surface area contributed by atoms with E-state index in [-0.39, 0.29) is 11.4 Å². The molecule has 126 valence electrons. The maximum atomic E-state index is 12.0. The molecule has 1 aliphatic rings. The molecule has 0 bridgehead atoms. The van der Waals surface area contributed by atoms with Crippen molar-refractivity contribution in [2.45, 2.75) is 32.6 Å². The van der Waals surface area contributed by atoms with Crippen molar-refractivity contribution in [2.24, 2.45) is 12.0 Å². The highest BCUT2D eigenvalue weighted by atomic mass is 32.1. The van der Waals surface area contributed by atoms with E-state index in [0.29, 0.717) is 21.7 Å². The van der Waals surface area contributed by atoms with Crippen molar-refractivity contribution in [3.63, 3.8) is 0 Å². The Morgan fingerprint density at radius 3 is 2.60 bits per heavy atom. The Kier molecular flexibility index (Phi) is 4.43. The predicted octanol–water partition coefficient (Wildman–Crippen LogP) is 2.83. The zero-order valence-electron chi connectivity index (χ0n) is 14.0. The summed E-state index contributed by atoms with van der Waals surface area (Å²) in [7, 11) is 1.40. The molecular formula is C18H16N4O2S. The first-order chi connectivity index (χ1) is 12.0. The zero-order valence-corrected chi connectivity index (χ0v) is 14.8. The van der Waals surface area contributed by atoms with Crippen LogP contribution in [0.3, 0.4) is 0 Å². The lowest BCUT2D eigenvalue weighted by atomic mass is 9.96. The van der Waals surface area contributed by atoms with Crippen LogP contribution in [0, 0.1) is 29.6 Å². The third kappa shape index (κ3) is 2.73. The smallest absolute Gasteiger partial charge is 0.271 e. The fourth-order valence-electron chi connectivity index (χ4n) is 3.07. The molecule has 0 aromatic carbocycles. The number of nitrogens with zero attached hydrogens (tertiary/aromatic N) is 4. The van der Waals surface area contributed by atoms with Crippen molar-refractivity contribution in [3.05, 3.63) is 43.0 Å². The van der Waals surface area contributed by atoms with E-state index >= 15 is 0 Å². The minimum Gasteiger partial charge on any atom is -0.494 e. The molecule has 0 amide bonds. The van der Waals surface area contributed by atoms with E-state index in [1.54, 1.807) is 6.92 Å². The molecule has 3 rings (SSSR count). The SMILES string of the molecule is Cc1c(C=Nc2sc3c(c2C#N)CCCC3)c(O)n(C)c(=O)c1C#N. The van der Waals surface area contributed by atoms with E-state index in [4.69, 9.17) is 0 Å². The van der Waals surface area contributed by atoms with Gasteiger partial charge < -0.3 is 5.11 Å². The second-order valence-electron chi connectivity index (χ2n) is 5.97. The van der Waals surface area contributed by atoms with E-state index < -0.39 is 5.56 Å². The highest BCUT2D eigenvalue weighted by molar-refractivity contribution is 7.16. The van der Waals surface area contributed by atoms with Gasteiger partial charge in [-0.05, 0) is 43.7 Å². The lowest BCUT2D eigenvalue weighted by Crippen LogP contribution is -2.22. The van der Waals surface area contributed by atoms with Gasteiger partial charge in [0.15, 0.2) is 0 Å². The van der Waals surface area contributed by atoms with Crippen molar-refractivity contribution in [3.8, 4) is 18.0 Å². The number of fused-ring (bicyclic) bond motifs is 1. The first-order valence-electron chi connectivity index (χ1n) is 7.91. The summed E-state index contributed by atoms with van der Waals surface area (Å²) in [6, 6.07) is 4.12. The Bertz CT molecular complexity index is 1030. The predicted molar refractivity (Wildman–Crippen MR) is 95.7 cm³/mol. The average molecular weight is 352 g/mol. The van der Waals surface area contributed by atoms with Crippen LogP contribution in [0.4, 0.5) is 5.00 Å². The van der Waals surface area contributed by atoms with Crippen LogP contribution in [0.5, 0.6) is 5.88 Å². The topological polar surface area (TPSA) is 102 Å². The average Bonchev–Trinajstić information content (AvgIpc) is 2.97. The second kappa shape index (κ2) is 6.54. The number of aromatic hydroxyl groups is 1. The summed E-state index contributed by atoms with van der Waals surface area (Å²) in [6.07, 6.45) is 5.49. The molecule has 1 aliphatic carbocycles. The summed E-state index contributed by atoms with van der Waals surface area (Å²) in [4.78, 5) is 17.6. The number of hydrogen-bond donors (Lipinski definition) is 1. The van der Waals surface area contributed by atoms with Crippen molar-refractivity contribution < 1.29 is 5.11 Å². The Morgan fingerprint density at radius 1 is 1.24 bits per heavy atom. The third-order valence-corrected chi connectivity index (χ3v) is 5.74. The highest BCUT2D eigenvalue weighted by Crippen LogP contribution is 2.39. The summed E-state index contributed by atoms with van der Waals surface area (Å²) in [5, 5.41) is 29.5. The van der Waals surface area contributed by atoms with Crippen molar-refractivity contribution in [2.75, 3.05) is 0 Å². The molecule has 2 heterocycles. The van der Waals surface area contributed by atoms with Crippen molar-refractivity contribution in [1.82, 2.24) is 4.57 Å². The first kappa shape index (κ1) is 16.9. The monoisotopic (exact) mass is 352 g/mol. The molecule has 2 aromatic heterocycles. The Morgan fingerprint density at radius 2 is 1.92 bits per heavy atom. The van der Waals surface area contributed by atoms with Gasteiger partial charge in [0.2, 0.25) is 5.88 Å². The number of pyridine rings is 1. The molecule has 2 aromatic rings. The highest BCUT2D eigenvalue weighted by Gasteiger charge is 2.21. The summed E-state index contributed by atoms with van der Waals surface area (Å²) >= 11 is 1.50. The summed E-state index contributed by atoms with van der Waals surface area (Å²) in [6.45, 7) is 1.60. The fourth-order valence-corrected chi connectivity index (χ4v) is 4.26. The van der Waals surface area contributed by atoms with E-state index in [1.807, 2.05) is 6.07 Å². The van der Waals surface area contributed by atoms with Crippen LogP contribution in [-0.4, -0.2) is 15.9 Å². The third-order valence-electron chi connectivity index (χ3n) is 4.54.